The SMILES string of the molecule is COCCNC(=O)[C@@]12CCO[C@@H]1CCN(Cc1c(C)noc1C)C2. The summed E-state index contributed by atoms with van der Waals surface area (Å²) >= 11 is 0. The highest BCUT2D eigenvalue weighted by molar-refractivity contribution is 5.84. The number of nitrogens with zero attached hydrogens (tertiary/aromatic N) is 2. The van der Waals surface area contributed by atoms with E-state index in [1.807, 2.05) is 13.8 Å². The average molecular weight is 337 g/mol. The van der Waals surface area contributed by atoms with Crippen molar-refractivity contribution in [3.63, 3.8) is 0 Å². The molecule has 2 saturated heterocycles. The molecule has 2 fully saturated rings. The second kappa shape index (κ2) is 7.21. The molecule has 7 nitrogen and oxygen atoms in total. The van der Waals surface area contributed by atoms with Crippen molar-refractivity contribution in [1.29, 1.82) is 0 Å². The Morgan fingerprint density at radius 2 is 2.33 bits per heavy atom. The fourth-order valence-electron chi connectivity index (χ4n) is 3.88. The minimum atomic E-state index is -0.453. The highest BCUT2D eigenvalue weighted by Gasteiger charge is 2.53. The fourth-order valence-corrected chi connectivity index (χ4v) is 3.88. The summed E-state index contributed by atoms with van der Waals surface area (Å²) in [5, 5.41) is 7.05. The van der Waals surface area contributed by atoms with Crippen molar-refractivity contribution in [2.75, 3.05) is 40.0 Å². The van der Waals surface area contributed by atoms with Crippen LogP contribution in [-0.2, 0) is 20.8 Å². The van der Waals surface area contributed by atoms with Crippen LogP contribution in [0, 0.1) is 19.3 Å². The number of nitrogens with one attached hydrogen (secondary N) is 1. The van der Waals surface area contributed by atoms with Crippen LogP contribution in [0.4, 0.5) is 0 Å². The molecule has 24 heavy (non-hydrogen) atoms. The maximum atomic E-state index is 12.9. The van der Waals surface area contributed by atoms with E-state index in [9.17, 15) is 4.79 Å². The highest BCUT2D eigenvalue weighted by atomic mass is 16.5. The summed E-state index contributed by atoms with van der Waals surface area (Å²) in [6.45, 7) is 8.01. The predicted octanol–water partition coefficient (Wildman–Crippen LogP) is 1.04. The van der Waals surface area contributed by atoms with Gasteiger partial charge in [0.05, 0.1) is 23.8 Å². The van der Waals surface area contributed by atoms with E-state index in [2.05, 4.69) is 15.4 Å². The Balaban J connectivity index is 1.71. The highest BCUT2D eigenvalue weighted by Crippen LogP contribution is 2.41. The average Bonchev–Trinajstić information content (AvgIpc) is 3.14. The normalized spacial score (nSPS) is 27.2. The van der Waals surface area contributed by atoms with Crippen molar-refractivity contribution in [1.82, 2.24) is 15.4 Å². The summed E-state index contributed by atoms with van der Waals surface area (Å²) in [5.41, 5.74) is 1.60. The van der Waals surface area contributed by atoms with Gasteiger partial charge in [-0.3, -0.25) is 9.69 Å². The Labute approximate surface area is 142 Å². The van der Waals surface area contributed by atoms with Gasteiger partial charge in [0.15, 0.2) is 0 Å². The minimum absolute atomic E-state index is 0.0148. The molecule has 2 atom stereocenters. The van der Waals surface area contributed by atoms with E-state index in [0.717, 1.165) is 42.9 Å². The summed E-state index contributed by atoms with van der Waals surface area (Å²) < 4.78 is 16.2. The molecule has 0 radical (unpaired) electrons. The van der Waals surface area contributed by atoms with Crippen LogP contribution in [0.1, 0.15) is 29.9 Å². The lowest BCUT2D eigenvalue weighted by Crippen LogP contribution is -2.57. The first-order chi connectivity index (χ1) is 11.6. The zero-order valence-electron chi connectivity index (χ0n) is 14.8. The van der Waals surface area contributed by atoms with Gasteiger partial charge in [-0.2, -0.15) is 0 Å². The zero-order valence-corrected chi connectivity index (χ0v) is 14.8. The number of amides is 1. The molecule has 7 heteroatoms. The molecule has 0 saturated carbocycles. The van der Waals surface area contributed by atoms with Gasteiger partial charge < -0.3 is 19.3 Å². The van der Waals surface area contributed by atoms with E-state index < -0.39 is 5.41 Å². The number of ether oxygens (including phenoxy) is 2. The molecule has 3 rings (SSSR count). The van der Waals surface area contributed by atoms with E-state index in [-0.39, 0.29) is 12.0 Å². The van der Waals surface area contributed by atoms with Gasteiger partial charge >= 0.3 is 0 Å². The quantitative estimate of drug-likeness (QED) is 0.782. The van der Waals surface area contributed by atoms with E-state index >= 15 is 0 Å². The van der Waals surface area contributed by atoms with Crippen molar-refractivity contribution >= 4 is 5.91 Å². The topological polar surface area (TPSA) is 76.8 Å². The molecule has 3 heterocycles. The molecule has 1 N–H and O–H groups in total. The van der Waals surface area contributed by atoms with Gasteiger partial charge in [0, 0.05) is 45.5 Å². The number of rotatable bonds is 6. The van der Waals surface area contributed by atoms with Crippen LogP contribution in [0.2, 0.25) is 0 Å². The van der Waals surface area contributed by atoms with Crippen molar-refractivity contribution in [3.05, 3.63) is 17.0 Å². The summed E-state index contributed by atoms with van der Waals surface area (Å²) in [5.74, 6) is 0.946. The van der Waals surface area contributed by atoms with Crippen LogP contribution >= 0.6 is 0 Å². The van der Waals surface area contributed by atoms with Gasteiger partial charge in [0.1, 0.15) is 5.76 Å². The van der Waals surface area contributed by atoms with E-state index in [1.165, 1.54) is 0 Å². The number of hydrogen-bond acceptors (Lipinski definition) is 6. The lowest BCUT2D eigenvalue weighted by atomic mass is 9.75. The third kappa shape index (κ3) is 3.20. The van der Waals surface area contributed by atoms with Crippen LogP contribution in [0.3, 0.4) is 0 Å². The van der Waals surface area contributed by atoms with Crippen molar-refractivity contribution in [3.8, 4) is 0 Å². The van der Waals surface area contributed by atoms with Crippen LogP contribution in [0.15, 0.2) is 4.52 Å². The number of likely N-dealkylation sites (tertiary alicyclic amines) is 1. The van der Waals surface area contributed by atoms with Crippen LogP contribution in [0.25, 0.3) is 0 Å². The third-order valence-electron chi connectivity index (χ3n) is 5.30. The summed E-state index contributed by atoms with van der Waals surface area (Å²) in [4.78, 5) is 15.2. The minimum Gasteiger partial charge on any atom is -0.383 e. The molecule has 0 spiro atoms. The molecule has 0 unspecified atom stereocenters. The number of methoxy groups -OCH3 is 1. The summed E-state index contributed by atoms with van der Waals surface area (Å²) in [7, 11) is 1.64. The Hall–Kier alpha value is -1.44. The summed E-state index contributed by atoms with van der Waals surface area (Å²) in [6, 6.07) is 0. The Morgan fingerprint density at radius 3 is 3.04 bits per heavy atom. The maximum absolute atomic E-state index is 12.9. The number of carbonyl (C=O) groups is 1. The lowest BCUT2D eigenvalue weighted by molar-refractivity contribution is -0.139. The molecule has 1 aromatic rings. The number of fused-ring (bicyclic) bond motifs is 1. The number of piperidine rings is 1. The van der Waals surface area contributed by atoms with Crippen LogP contribution < -0.4 is 5.32 Å². The first-order valence-electron chi connectivity index (χ1n) is 8.60. The fraction of sp³-hybridized carbons (Fsp3) is 0.765. The number of carbonyl (C=O) groups excluding carboxylic acids is 1. The standard InChI is InChI=1S/C17H27N3O4/c1-12-14(13(2)24-19-12)10-20-7-4-15-17(11-20,5-8-23-15)16(21)18-6-9-22-3/h15H,4-11H2,1-3H3,(H,18,21)/t15-,17-/m1/s1. The summed E-state index contributed by atoms with van der Waals surface area (Å²) in [6.07, 6.45) is 1.66. The van der Waals surface area contributed by atoms with Crippen molar-refractivity contribution < 1.29 is 18.8 Å². The number of hydrogen-bond donors (Lipinski definition) is 1. The van der Waals surface area contributed by atoms with Crippen LogP contribution in [-0.4, -0.2) is 62.0 Å². The predicted molar refractivity (Wildman–Crippen MR) is 87.5 cm³/mol. The van der Waals surface area contributed by atoms with Gasteiger partial charge in [-0.25, -0.2) is 0 Å². The van der Waals surface area contributed by atoms with E-state index in [4.69, 9.17) is 14.0 Å². The van der Waals surface area contributed by atoms with Gasteiger partial charge in [0.2, 0.25) is 5.91 Å². The van der Waals surface area contributed by atoms with Crippen LogP contribution in [0.5, 0.6) is 0 Å². The molecule has 1 amide bonds. The zero-order chi connectivity index (χ0) is 17.2. The largest absolute Gasteiger partial charge is 0.383 e. The Kier molecular flexibility index (Phi) is 5.22. The number of aromatic nitrogens is 1. The van der Waals surface area contributed by atoms with Crippen molar-refractivity contribution in [2.45, 2.75) is 39.3 Å². The van der Waals surface area contributed by atoms with Gasteiger partial charge in [0.25, 0.3) is 0 Å². The maximum Gasteiger partial charge on any atom is 0.230 e. The first-order valence-corrected chi connectivity index (χ1v) is 8.60. The van der Waals surface area contributed by atoms with E-state index in [0.29, 0.717) is 26.3 Å². The molecule has 0 aliphatic carbocycles. The molecular weight excluding hydrogens is 310 g/mol. The van der Waals surface area contributed by atoms with Gasteiger partial charge in [-0.05, 0) is 26.7 Å². The van der Waals surface area contributed by atoms with Gasteiger partial charge in [-0.15, -0.1) is 0 Å². The van der Waals surface area contributed by atoms with E-state index in [1.54, 1.807) is 7.11 Å². The molecule has 0 aromatic carbocycles. The molecular formula is C17H27N3O4. The molecule has 1 aromatic heterocycles. The second-order valence-corrected chi connectivity index (χ2v) is 6.82. The Bertz CT molecular complexity index is 569. The Morgan fingerprint density at radius 1 is 1.50 bits per heavy atom. The van der Waals surface area contributed by atoms with Crippen molar-refractivity contribution in [2.24, 2.45) is 5.41 Å². The third-order valence-corrected chi connectivity index (χ3v) is 5.30. The smallest absolute Gasteiger partial charge is 0.230 e. The lowest BCUT2D eigenvalue weighted by Gasteiger charge is -2.42. The van der Waals surface area contributed by atoms with Gasteiger partial charge in [-0.1, -0.05) is 5.16 Å². The number of aryl methyl sites for hydroxylation is 2. The molecule has 0 bridgehead atoms. The second-order valence-electron chi connectivity index (χ2n) is 6.82. The molecule has 2 aliphatic heterocycles. The first kappa shape index (κ1) is 17.4. The monoisotopic (exact) mass is 337 g/mol. The molecule has 2 aliphatic rings. The molecule has 134 valence electrons.